The molecule has 1 aromatic heterocycles. The SMILES string of the molecule is O=CN(O)C[C@@H](CC1CCCC1)C(=O)NCc1nc(Cl)nc(N2C[C@H]3COC[C@H]3C2)c1F. The maximum atomic E-state index is 15.2. The zero-order valence-corrected chi connectivity index (χ0v) is 18.6. The standard InChI is InChI=1S/C21H29ClFN5O4/c22-21-25-17(18(23)19(26-21)27-7-15-10-32-11-16(15)8-27)6-24-20(30)14(9-28(31)12-29)5-13-3-1-2-4-13/h12-16,31H,1-11H2,(H,24,30)/t14-,15-,16+/m1/s1. The van der Waals surface area contributed by atoms with Crippen LogP contribution in [0.5, 0.6) is 0 Å². The summed E-state index contributed by atoms with van der Waals surface area (Å²) < 4.78 is 20.7. The number of amides is 2. The minimum absolute atomic E-state index is 0.0116. The van der Waals surface area contributed by atoms with Crippen molar-refractivity contribution in [1.82, 2.24) is 20.3 Å². The van der Waals surface area contributed by atoms with Crippen LogP contribution in [0.3, 0.4) is 0 Å². The first-order valence-electron chi connectivity index (χ1n) is 11.2. The lowest BCUT2D eigenvalue weighted by Gasteiger charge is -2.23. The van der Waals surface area contributed by atoms with E-state index in [-0.39, 0.29) is 42.2 Å². The van der Waals surface area contributed by atoms with Gasteiger partial charge in [0.05, 0.1) is 32.2 Å². The minimum Gasteiger partial charge on any atom is -0.381 e. The normalized spacial score (nSPS) is 23.9. The van der Waals surface area contributed by atoms with Crippen LogP contribution in [0.15, 0.2) is 0 Å². The van der Waals surface area contributed by atoms with Gasteiger partial charge in [0.15, 0.2) is 11.6 Å². The number of hydrogen-bond donors (Lipinski definition) is 2. The Balaban J connectivity index is 1.42. The highest BCUT2D eigenvalue weighted by atomic mass is 35.5. The fraction of sp³-hybridized carbons (Fsp3) is 0.714. The van der Waals surface area contributed by atoms with Gasteiger partial charge in [-0.1, -0.05) is 25.7 Å². The molecule has 3 atom stereocenters. The first-order chi connectivity index (χ1) is 15.4. The highest BCUT2D eigenvalue weighted by Gasteiger charge is 2.39. The van der Waals surface area contributed by atoms with E-state index in [1.807, 2.05) is 4.90 Å². The summed E-state index contributed by atoms with van der Waals surface area (Å²) in [6, 6.07) is 0. The minimum atomic E-state index is -0.598. The third-order valence-corrected chi connectivity index (χ3v) is 7.01. The van der Waals surface area contributed by atoms with Crippen LogP contribution in [0.2, 0.25) is 5.28 Å². The van der Waals surface area contributed by atoms with Crippen molar-refractivity contribution in [2.24, 2.45) is 23.7 Å². The molecule has 1 aliphatic carbocycles. The van der Waals surface area contributed by atoms with Crippen molar-refractivity contribution in [2.45, 2.75) is 38.6 Å². The molecule has 3 fully saturated rings. The number of hydrogen-bond acceptors (Lipinski definition) is 7. The lowest BCUT2D eigenvalue weighted by Crippen LogP contribution is -2.38. The van der Waals surface area contributed by atoms with Crippen LogP contribution in [0.4, 0.5) is 10.2 Å². The second-order valence-corrected chi connectivity index (χ2v) is 9.41. The smallest absolute Gasteiger partial charge is 0.233 e. The molecule has 1 aromatic rings. The van der Waals surface area contributed by atoms with Crippen LogP contribution in [0, 0.1) is 29.5 Å². The summed E-state index contributed by atoms with van der Waals surface area (Å²) in [7, 11) is 0. The van der Waals surface area contributed by atoms with E-state index >= 15 is 4.39 Å². The van der Waals surface area contributed by atoms with E-state index in [1.54, 1.807) is 0 Å². The summed E-state index contributed by atoms with van der Waals surface area (Å²) in [5.74, 6) is -0.328. The van der Waals surface area contributed by atoms with Gasteiger partial charge in [-0.3, -0.25) is 14.8 Å². The number of hydroxylamine groups is 2. The second kappa shape index (κ2) is 10.3. The number of anilines is 1. The predicted molar refractivity (Wildman–Crippen MR) is 113 cm³/mol. The molecule has 32 heavy (non-hydrogen) atoms. The number of halogens is 2. The van der Waals surface area contributed by atoms with Crippen molar-refractivity contribution in [1.29, 1.82) is 0 Å². The second-order valence-electron chi connectivity index (χ2n) is 9.07. The van der Waals surface area contributed by atoms with Crippen LogP contribution in [0.25, 0.3) is 0 Å². The Bertz CT molecular complexity index is 829. The number of nitrogens with one attached hydrogen (secondary N) is 1. The third-order valence-electron chi connectivity index (χ3n) is 6.84. The summed E-state index contributed by atoms with van der Waals surface area (Å²) >= 11 is 6.07. The van der Waals surface area contributed by atoms with E-state index < -0.39 is 11.7 Å². The summed E-state index contributed by atoms with van der Waals surface area (Å²) in [6.07, 6.45) is 5.13. The predicted octanol–water partition coefficient (Wildman–Crippen LogP) is 2.01. The summed E-state index contributed by atoms with van der Waals surface area (Å²) in [5.41, 5.74) is 0.0116. The molecule has 2 N–H and O–H groups in total. The number of nitrogens with zero attached hydrogens (tertiary/aromatic N) is 4. The molecule has 4 rings (SSSR count). The monoisotopic (exact) mass is 469 g/mol. The topological polar surface area (TPSA) is 108 Å². The molecule has 0 bridgehead atoms. The molecule has 2 aliphatic heterocycles. The van der Waals surface area contributed by atoms with E-state index in [0.29, 0.717) is 55.5 Å². The number of ether oxygens (including phenoxy) is 1. The Kier molecular flexibility index (Phi) is 7.42. The number of rotatable bonds is 9. The fourth-order valence-corrected chi connectivity index (χ4v) is 5.32. The van der Waals surface area contributed by atoms with Gasteiger partial charge in [0.2, 0.25) is 17.6 Å². The molecular formula is C21H29ClFN5O4. The van der Waals surface area contributed by atoms with Crippen LogP contribution in [0.1, 0.15) is 37.8 Å². The van der Waals surface area contributed by atoms with Gasteiger partial charge >= 0.3 is 0 Å². The van der Waals surface area contributed by atoms with Gasteiger partial charge in [-0.2, -0.15) is 4.98 Å². The van der Waals surface area contributed by atoms with Gasteiger partial charge in [-0.15, -0.1) is 0 Å². The average Bonchev–Trinajstić information content (AvgIpc) is 3.51. The van der Waals surface area contributed by atoms with Gasteiger partial charge in [0, 0.05) is 24.9 Å². The number of carbonyl (C=O) groups is 2. The van der Waals surface area contributed by atoms with Crippen molar-refractivity contribution in [3.63, 3.8) is 0 Å². The zero-order valence-electron chi connectivity index (χ0n) is 17.9. The summed E-state index contributed by atoms with van der Waals surface area (Å²) in [6.45, 7) is 2.34. The van der Waals surface area contributed by atoms with Gasteiger partial charge < -0.3 is 15.0 Å². The van der Waals surface area contributed by atoms with Crippen molar-refractivity contribution < 1.29 is 23.9 Å². The number of carbonyl (C=O) groups excluding carboxylic acids is 2. The number of aromatic nitrogens is 2. The highest BCUT2D eigenvalue weighted by Crippen LogP contribution is 2.34. The molecule has 11 heteroatoms. The summed E-state index contributed by atoms with van der Waals surface area (Å²) in [5, 5.41) is 12.7. The Morgan fingerprint density at radius 1 is 1.31 bits per heavy atom. The van der Waals surface area contributed by atoms with Crippen molar-refractivity contribution >= 4 is 29.7 Å². The van der Waals surface area contributed by atoms with Gasteiger partial charge in [-0.05, 0) is 23.9 Å². The lowest BCUT2D eigenvalue weighted by atomic mass is 9.92. The fourth-order valence-electron chi connectivity index (χ4n) is 5.13. The molecule has 0 unspecified atom stereocenters. The Labute approximate surface area is 191 Å². The molecule has 3 aliphatic rings. The van der Waals surface area contributed by atoms with Crippen LogP contribution < -0.4 is 10.2 Å². The third kappa shape index (κ3) is 5.29. The van der Waals surface area contributed by atoms with Gasteiger partial charge in [0.1, 0.15) is 5.69 Å². The Morgan fingerprint density at radius 2 is 2.00 bits per heavy atom. The quantitative estimate of drug-likeness (QED) is 0.246. The molecule has 1 saturated carbocycles. The van der Waals surface area contributed by atoms with Crippen LogP contribution >= 0.6 is 11.6 Å². The molecule has 0 spiro atoms. The van der Waals surface area contributed by atoms with Crippen molar-refractivity contribution in [2.75, 3.05) is 37.7 Å². The maximum Gasteiger partial charge on any atom is 0.233 e. The zero-order chi connectivity index (χ0) is 22.7. The van der Waals surface area contributed by atoms with Crippen LogP contribution in [-0.4, -0.2) is 65.4 Å². The van der Waals surface area contributed by atoms with E-state index in [1.165, 1.54) is 0 Å². The largest absolute Gasteiger partial charge is 0.381 e. The highest BCUT2D eigenvalue weighted by molar-refractivity contribution is 6.28. The molecule has 0 radical (unpaired) electrons. The van der Waals surface area contributed by atoms with Crippen molar-refractivity contribution in [3.05, 3.63) is 16.8 Å². The van der Waals surface area contributed by atoms with Crippen LogP contribution in [-0.2, 0) is 20.9 Å². The molecule has 2 amide bonds. The number of fused-ring (bicyclic) bond motifs is 1. The maximum absolute atomic E-state index is 15.2. The molecule has 0 aromatic carbocycles. The summed E-state index contributed by atoms with van der Waals surface area (Å²) in [4.78, 5) is 33.6. The Hall–Kier alpha value is -2.04. The first-order valence-corrected chi connectivity index (χ1v) is 11.6. The molecule has 2 saturated heterocycles. The van der Waals surface area contributed by atoms with E-state index in [0.717, 1.165) is 25.7 Å². The average molecular weight is 470 g/mol. The van der Waals surface area contributed by atoms with E-state index in [2.05, 4.69) is 15.3 Å². The molecule has 176 valence electrons. The van der Waals surface area contributed by atoms with E-state index in [4.69, 9.17) is 16.3 Å². The molecular weight excluding hydrogens is 441 g/mol. The molecule has 3 heterocycles. The van der Waals surface area contributed by atoms with Crippen molar-refractivity contribution in [3.8, 4) is 0 Å². The first kappa shape index (κ1) is 23.1. The van der Waals surface area contributed by atoms with E-state index in [9.17, 15) is 14.8 Å². The van der Waals surface area contributed by atoms with Gasteiger partial charge in [0.25, 0.3) is 0 Å². The molecule has 9 nitrogen and oxygen atoms in total. The van der Waals surface area contributed by atoms with Gasteiger partial charge in [-0.25, -0.2) is 14.4 Å². The Morgan fingerprint density at radius 3 is 2.66 bits per heavy atom. The lowest BCUT2D eigenvalue weighted by molar-refractivity contribution is -0.155.